The van der Waals surface area contributed by atoms with Gasteiger partial charge >= 0.3 is 5.97 Å². The molecule has 1 saturated heterocycles. The third kappa shape index (κ3) is 5.35. The Kier molecular flexibility index (Phi) is 8.51. The molecule has 136 valence electrons. The largest absolute Gasteiger partial charge is 0.469 e. The van der Waals surface area contributed by atoms with Crippen LogP contribution in [0.25, 0.3) is 0 Å². The number of aromatic nitrogens is 2. The number of esters is 1. The Bertz CT molecular complexity index is 560. The average molecular weight is 449 g/mol. The molecule has 0 spiro atoms. The lowest BCUT2D eigenvalue weighted by Gasteiger charge is -2.21. The van der Waals surface area contributed by atoms with Crippen LogP contribution in [-0.2, 0) is 16.1 Å². The quantitative estimate of drug-likeness (QED) is 0.243. The van der Waals surface area contributed by atoms with Gasteiger partial charge in [-0.2, -0.15) is 5.10 Å². The third-order valence-corrected chi connectivity index (χ3v) is 4.24. The highest BCUT2D eigenvalue weighted by Crippen LogP contribution is 2.23. The van der Waals surface area contributed by atoms with Crippen molar-refractivity contribution in [2.24, 2.45) is 16.8 Å². The first kappa shape index (κ1) is 20.7. The van der Waals surface area contributed by atoms with E-state index in [-0.39, 0.29) is 41.8 Å². The van der Waals surface area contributed by atoms with Crippen molar-refractivity contribution in [1.82, 2.24) is 20.0 Å². The van der Waals surface area contributed by atoms with Crippen molar-refractivity contribution in [3.8, 4) is 0 Å². The molecule has 2 heterocycles. The summed E-state index contributed by atoms with van der Waals surface area (Å²) >= 11 is 0. The smallest absolute Gasteiger partial charge is 0.310 e. The van der Waals surface area contributed by atoms with Crippen LogP contribution in [0.1, 0.15) is 18.9 Å². The van der Waals surface area contributed by atoms with E-state index < -0.39 is 0 Å². The molecule has 2 atom stereocenters. The number of guanidine groups is 1. The highest BCUT2D eigenvalue weighted by atomic mass is 127. The number of carbonyl (C=O) groups excluding carboxylic acids is 1. The molecule has 0 saturated carbocycles. The predicted molar refractivity (Wildman–Crippen MR) is 105 cm³/mol. The van der Waals surface area contributed by atoms with Crippen LogP contribution in [-0.4, -0.2) is 60.4 Å². The second-order valence-corrected chi connectivity index (χ2v) is 6.12. The number of nitrogens with one attached hydrogen (secondary N) is 1. The lowest BCUT2D eigenvalue weighted by atomic mass is 9.99. The second kappa shape index (κ2) is 9.85. The van der Waals surface area contributed by atoms with Crippen molar-refractivity contribution in [2.45, 2.75) is 26.8 Å². The molecule has 1 fully saturated rings. The first-order valence-electron chi connectivity index (χ1n) is 8.07. The Hall–Kier alpha value is -1.32. The third-order valence-electron chi connectivity index (χ3n) is 4.24. The van der Waals surface area contributed by atoms with Gasteiger partial charge in [0.1, 0.15) is 0 Å². The predicted octanol–water partition coefficient (Wildman–Crippen LogP) is 1.52. The first-order chi connectivity index (χ1) is 11.0. The van der Waals surface area contributed by atoms with Crippen molar-refractivity contribution in [1.29, 1.82) is 0 Å². The molecule has 1 N–H and O–H groups in total. The number of rotatable bonds is 5. The summed E-state index contributed by atoms with van der Waals surface area (Å²) in [6, 6.07) is 0. The molecule has 1 aliphatic rings. The van der Waals surface area contributed by atoms with Crippen LogP contribution in [0.3, 0.4) is 0 Å². The molecular formula is C16H28IN5O2. The summed E-state index contributed by atoms with van der Waals surface area (Å²) in [6.45, 7) is 7.28. The number of carbonyl (C=O) groups is 1. The number of likely N-dealkylation sites (tertiary alicyclic amines) is 1. The second-order valence-electron chi connectivity index (χ2n) is 6.12. The SMILES string of the molecule is CN=C(NCCCn1cc(C)cn1)N1CC(C)C(C(=O)OC)C1.I. The summed E-state index contributed by atoms with van der Waals surface area (Å²) < 4.78 is 6.83. The van der Waals surface area contributed by atoms with E-state index in [9.17, 15) is 4.79 Å². The Morgan fingerprint density at radius 1 is 1.50 bits per heavy atom. The Labute approximate surface area is 160 Å². The van der Waals surface area contributed by atoms with Crippen molar-refractivity contribution in [3.63, 3.8) is 0 Å². The molecule has 2 rings (SSSR count). The molecule has 24 heavy (non-hydrogen) atoms. The molecule has 7 nitrogen and oxygen atoms in total. The van der Waals surface area contributed by atoms with Crippen LogP contribution in [0, 0.1) is 18.8 Å². The molecular weight excluding hydrogens is 421 g/mol. The van der Waals surface area contributed by atoms with Gasteiger partial charge in [0, 0.05) is 39.4 Å². The molecule has 1 aromatic heterocycles. The van der Waals surface area contributed by atoms with E-state index >= 15 is 0 Å². The Morgan fingerprint density at radius 3 is 2.83 bits per heavy atom. The fraction of sp³-hybridized carbons (Fsp3) is 0.688. The molecule has 1 aliphatic heterocycles. The molecule has 2 unspecified atom stereocenters. The van der Waals surface area contributed by atoms with E-state index in [1.165, 1.54) is 12.7 Å². The number of aliphatic imine (C=N–C) groups is 1. The zero-order valence-electron chi connectivity index (χ0n) is 14.9. The fourth-order valence-corrected chi connectivity index (χ4v) is 2.96. The van der Waals surface area contributed by atoms with E-state index in [2.05, 4.69) is 27.2 Å². The van der Waals surface area contributed by atoms with Crippen molar-refractivity contribution in [3.05, 3.63) is 18.0 Å². The summed E-state index contributed by atoms with van der Waals surface area (Å²) in [6.07, 6.45) is 4.87. The molecule has 0 bridgehead atoms. The average Bonchev–Trinajstić information content (AvgIpc) is 3.12. The highest BCUT2D eigenvalue weighted by Gasteiger charge is 2.36. The van der Waals surface area contributed by atoms with Crippen molar-refractivity contribution < 1.29 is 9.53 Å². The van der Waals surface area contributed by atoms with Crippen LogP contribution in [0.2, 0.25) is 0 Å². The minimum atomic E-state index is -0.135. The monoisotopic (exact) mass is 449 g/mol. The fourth-order valence-electron chi connectivity index (χ4n) is 2.96. The summed E-state index contributed by atoms with van der Waals surface area (Å²) in [7, 11) is 3.22. The topological polar surface area (TPSA) is 71.8 Å². The lowest BCUT2D eigenvalue weighted by Crippen LogP contribution is -2.41. The standard InChI is InChI=1S/C16H27N5O2.HI/c1-12-8-19-21(9-12)7-5-6-18-16(17-3)20-10-13(2)14(11-20)15(22)23-4;/h8-9,13-14H,5-7,10-11H2,1-4H3,(H,17,18);1H. The molecule has 0 aromatic carbocycles. The van der Waals surface area contributed by atoms with Gasteiger partial charge in [-0.05, 0) is 24.8 Å². The van der Waals surface area contributed by atoms with Crippen LogP contribution < -0.4 is 5.32 Å². The van der Waals surface area contributed by atoms with Gasteiger partial charge < -0.3 is 15.0 Å². The van der Waals surface area contributed by atoms with Gasteiger partial charge in [0.15, 0.2) is 5.96 Å². The van der Waals surface area contributed by atoms with Gasteiger partial charge in [0.05, 0.1) is 19.2 Å². The minimum absolute atomic E-state index is 0. The van der Waals surface area contributed by atoms with Gasteiger partial charge in [0.2, 0.25) is 0 Å². The van der Waals surface area contributed by atoms with E-state index in [0.717, 1.165) is 32.0 Å². The number of hydrogen-bond acceptors (Lipinski definition) is 4. The van der Waals surface area contributed by atoms with Crippen LogP contribution in [0.4, 0.5) is 0 Å². The van der Waals surface area contributed by atoms with E-state index in [1.807, 2.05) is 24.0 Å². The summed E-state index contributed by atoms with van der Waals surface area (Å²) in [5, 5.41) is 7.64. The van der Waals surface area contributed by atoms with Gasteiger partial charge in [-0.15, -0.1) is 24.0 Å². The zero-order chi connectivity index (χ0) is 16.8. The summed E-state index contributed by atoms with van der Waals surface area (Å²) in [5.74, 6) is 0.906. The van der Waals surface area contributed by atoms with Crippen LogP contribution in [0.15, 0.2) is 17.4 Å². The van der Waals surface area contributed by atoms with Gasteiger partial charge in [-0.25, -0.2) is 0 Å². The summed E-state index contributed by atoms with van der Waals surface area (Å²) in [4.78, 5) is 18.2. The maximum Gasteiger partial charge on any atom is 0.310 e. The number of halogens is 1. The first-order valence-corrected chi connectivity index (χ1v) is 8.07. The van der Waals surface area contributed by atoms with Crippen LogP contribution >= 0.6 is 24.0 Å². The Balaban J connectivity index is 0.00000288. The number of aryl methyl sites for hydroxylation is 2. The highest BCUT2D eigenvalue weighted by molar-refractivity contribution is 14.0. The van der Waals surface area contributed by atoms with Gasteiger partial charge in [-0.3, -0.25) is 14.5 Å². The van der Waals surface area contributed by atoms with E-state index in [0.29, 0.717) is 6.54 Å². The zero-order valence-corrected chi connectivity index (χ0v) is 17.2. The molecule has 8 heteroatoms. The number of nitrogens with zero attached hydrogens (tertiary/aromatic N) is 4. The summed E-state index contributed by atoms with van der Waals surface area (Å²) in [5.41, 5.74) is 1.17. The van der Waals surface area contributed by atoms with E-state index in [4.69, 9.17) is 4.74 Å². The number of ether oxygens (including phenoxy) is 1. The Morgan fingerprint density at radius 2 is 2.25 bits per heavy atom. The normalized spacial score (nSPS) is 20.7. The maximum absolute atomic E-state index is 11.8. The number of methoxy groups -OCH3 is 1. The van der Waals surface area contributed by atoms with Crippen LogP contribution in [0.5, 0.6) is 0 Å². The van der Waals surface area contributed by atoms with Crippen molar-refractivity contribution >= 4 is 35.9 Å². The van der Waals surface area contributed by atoms with Crippen molar-refractivity contribution in [2.75, 3.05) is 33.8 Å². The lowest BCUT2D eigenvalue weighted by molar-refractivity contribution is -0.145. The molecule has 0 amide bonds. The van der Waals surface area contributed by atoms with Gasteiger partial charge in [0.25, 0.3) is 0 Å². The van der Waals surface area contributed by atoms with E-state index in [1.54, 1.807) is 7.05 Å². The molecule has 0 aliphatic carbocycles. The molecule has 1 aromatic rings. The van der Waals surface area contributed by atoms with Gasteiger partial charge in [-0.1, -0.05) is 6.92 Å². The molecule has 0 radical (unpaired) electrons. The number of hydrogen-bond donors (Lipinski definition) is 1. The maximum atomic E-state index is 11.8. The minimum Gasteiger partial charge on any atom is -0.469 e.